The van der Waals surface area contributed by atoms with E-state index in [1.165, 1.54) is 0 Å². The number of alkyl halides is 3. The number of esters is 1. The number of ether oxygens (including phenoxy) is 1. The standard InChI is InChI=1S/C16H17F3O5S/c1-2-23-15(20)13-10-12(11-6-4-3-5-7-11)8-9-14(13)24-25(21,22)16(17,18)19/h3-7,12H,2,8-10H2,1H3. The SMILES string of the molecule is CCOC(=O)C1=C(OS(=O)(=O)C(F)(F)F)CCC(c2ccccc2)C1. The van der Waals surface area contributed by atoms with E-state index in [1.807, 2.05) is 30.3 Å². The van der Waals surface area contributed by atoms with Crippen LogP contribution in [-0.4, -0.2) is 26.5 Å². The number of carbonyl (C=O) groups excluding carboxylic acids is 1. The van der Waals surface area contributed by atoms with Gasteiger partial charge in [0, 0.05) is 6.42 Å². The Bertz CT molecular complexity index is 754. The molecule has 0 radical (unpaired) electrons. The highest BCUT2D eigenvalue weighted by Crippen LogP contribution is 2.39. The van der Waals surface area contributed by atoms with Crippen molar-refractivity contribution in [2.24, 2.45) is 0 Å². The summed E-state index contributed by atoms with van der Waals surface area (Å²) in [6, 6.07) is 9.11. The van der Waals surface area contributed by atoms with Crippen LogP contribution in [0.4, 0.5) is 13.2 Å². The summed E-state index contributed by atoms with van der Waals surface area (Å²) in [6.45, 7) is 1.56. The molecule has 0 fully saturated rings. The molecule has 5 nitrogen and oxygen atoms in total. The summed E-state index contributed by atoms with van der Waals surface area (Å²) in [4.78, 5) is 12.1. The quantitative estimate of drug-likeness (QED) is 0.445. The summed E-state index contributed by atoms with van der Waals surface area (Å²) in [5.41, 5.74) is -4.83. The summed E-state index contributed by atoms with van der Waals surface area (Å²) in [6.07, 6.45) is 0.296. The van der Waals surface area contributed by atoms with E-state index < -0.39 is 27.4 Å². The van der Waals surface area contributed by atoms with Crippen molar-refractivity contribution in [1.82, 2.24) is 0 Å². The summed E-state index contributed by atoms with van der Waals surface area (Å²) < 4.78 is 69.3. The summed E-state index contributed by atoms with van der Waals surface area (Å²) in [5, 5.41) is 0. The fraction of sp³-hybridized carbons (Fsp3) is 0.438. The van der Waals surface area contributed by atoms with Crippen LogP contribution in [0.2, 0.25) is 0 Å². The van der Waals surface area contributed by atoms with Crippen molar-refractivity contribution in [3.05, 3.63) is 47.2 Å². The number of benzene rings is 1. The molecule has 25 heavy (non-hydrogen) atoms. The van der Waals surface area contributed by atoms with Crippen LogP contribution in [0.1, 0.15) is 37.7 Å². The van der Waals surface area contributed by atoms with Crippen molar-refractivity contribution in [1.29, 1.82) is 0 Å². The Labute approximate surface area is 143 Å². The lowest BCUT2D eigenvalue weighted by atomic mass is 9.83. The van der Waals surface area contributed by atoms with Gasteiger partial charge in [0.05, 0.1) is 12.2 Å². The molecule has 0 N–H and O–H groups in total. The third-order valence-corrected chi connectivity index (χ3v) is 4.78. The van der Waals surface area contributed by atoms with Crippen LogP contribution in [-0.2, 0) is 23.8 Å². The van der Waals surface area contributed by atoms with Crippen molar-refractivity contribution in [3.63, 3.8) is 0 Å². The third kappa shape index (κ3) is 4.53. The number of allylic oxidation sites excluding steroid dienone is 1. The minimum Gasteiger partial charge on any atom is -0.463 e. The zero-order valence-electron chi connectivity index (χ0n) is 13.4. The molecule has 0 saturated heterocycles. The van der Waals surface area contributed by atoms with E-state index in [0.717, 1.165) is 5.56 Å². The van der Waals surface area contributed by atoms with Gasteiger partial charge in [-0.2, -0.15) is 21.6 Å². The Morgan fingerprint density at radius 3 is 2.44 bits per heavy atom. The van der Waals surface area contributed by atoms with Crippen LogP contribution in [0.5, 0.6) is 0 Å². The number of rotatable bonds is 5. The van der Waals surface area contributed by atoms with Gasteiger partial charge in [-0.25, -0.2) is 4.79 Å². The molecule has 2 rings (SSSR count). The van der Waals surface area contributed by atoms with Gasteiger partial charge < -0.3 is 8.92 Å². The number of hydrogen-bond donors (Lipinski definition) is 0. The first-order valence-corrected chi connectivity index (χ1v) is 9.01. The molecule has 138 valence electrons. The molecule has 0 heterocycles. The highest BCUT2D eigenvalue weighted by molar-refractivity contribution is 7.87. The topological polar surface area (TPSA) is 69.7 Å². The highest BCUT2D eigenvalue weighted by atomic mass is 32.2. The van der Waals surface area contributed by atoms with Crippen LogP contribution < -0.4 is 0 Å². The van der Waals surface area contributed by atoms with Crippen molar-refractivity contribution < 1.29 is 35.3 Å². The Hall–Kier alpha value is -2.03. The fourth-order valence-electron chi connectivity index (χ4n) is 2.62. The van der Waals surface area contributed by atoms with Gasteiger partial charge in [-0.3, -0.25) is 0 Å². The molecular formula is C16H17F3O5S. The minimum atomic E-state index is -5.83. The maximum Gasteiger partial charge on any atom is 0.534 e. The molecule has 1 aromatic carbocycles. The zero-order chi connectivity index (χ0) is 18.7. The Kier molecular flexibility index (Phi) is 5.76. The maximum absolute atomic E-state index is 12.6. The van der Waals surface area contributed by atoms with E-state index in [1.54, 1.807) is 6.92 Å². The van der Waals surface area contributed by atoms with E-state index in [9.17, 15) is 26.4 Å². The maximum atomic E-state index is 12.6. The Morgan fingerprint density at radius 2 is 1.88 bits per heavy atom. The third-order valence-electron chi connectivity index (χ3n) is 3.79. The molecule has 0 bridgehead atoms. The van der Waals surface area contributed by atoms with Crippen LogP contribution in [0.25, 0.3) is 0 Å². The average molecular weight is 378 g/mol. The summed E-state index contributed by atoms with van der Waals surface area (Å²) in [5.74, 6) is -1.50. The van der Waals surface area contributed by atoms with E-state index in [-0.39, 0.29) is 30.9 Å². The molecule has 0 aliphatic heterocycles. The van der Waals surface area contributed by atoms with E-state index in [2.05, 4.69) is 4.18 Å². The lowest BCUT2D eigenvalue weighted by molar-refractivity contribution is -0.139. The number of halogens is 3. The molecule has 0 amide bonds. The second-order valence-corrected chi connectivity index (χ2v) is 6.99. The second kappa shape index (κ2) is 7.47. The minimum absolute atomic E-state index is 0.0115. The molecular weight excluding hydrogens is 361 g/mol. The second-order valence-electron chi connectivity index (χ2n) is 5.46. The average Bonchev–Trinajstić information content (AvgIpc) is 2.55. The van der Waals surface area contributed by atoms with E-state index in [0.29, 0.717) is 6.42 Å². The lowest BCUT2D eigenvalue weighted by Gasteiger charge is -2.26. The van der Waals surface area contributed by atoms with Crippen molar-refractivity contribution in [2.45, 2.75) is 37.6 Å². The summed E-state index contributed by atoms with van der Waals surface area (Å²) in [7, 11) is -5.83. The molecule has 0 aromatic heterocycles. The van der Waals surface area contributed by atoms with Gasteiger partial charge in [0.15, 0.2) is 0 Å². The van der Waals surface area contributed by atoms with Crippen LogP contribution in [0.15, 0.2) is 41.7 Å². The molecule has 1 atom stereocenters. The molecule has 0 saturated carbocycles. The normalized spacial score (nSPS) is 18.8. The fourth-order valence-corrected chi connectivity index (χ4v) is 3.16. The van der Waals surface area contributed by atoms with Crippen LogP contribution in [0, 0.1) is 0 Å². The monoisotopic (exact) mass is 378 g/mol. The van der Waals surface area contributed by atoms with E-state index >= 15 is 0 Å². The van der Waals surface area contributed by atoms with Crippen LogP contribution in [0.3, 0.4) is 0 Å². The van der Waals surface area contributed by atoms with Gasteiger partial charge in [0.25, 0.3) is 0 Å². The van der Waals surface area contributed by atoms with Gasteiger partial charge in [0.1, 0.15) is 5.76 Å². The van der Waals surface area contributed by atoms with Crippen molar-refractivity contribution >= 4 is 16.1 Å². The zero-order valence-corrected chi connectivity index (χ0v) is 14.2. The molecule has 1 aromatic rings. The van der Waals surface area contributed by atoms with Crippen molar-refractivity contribution in [2.75, 3.05) is 6.61 Å². The molecule has 9 heteroatoms. The summed E-state index contributed by atoms with van der Waals surface area (Å²) >= 11 is 0. The first-order valence-electron chi connectivity index (χ1n) is 7.60. The lowest BCUT2D eigenvalue weighted by Crippen LogP contribution is -2.28. The molecule has 0 spiro atoms. The van der Waals surface area contributed by atoms with Gasteiger partial charge >= 0.3 is 21.6 Å². The largest absolute Gasteiger partial charge is 0.534 e. The predicted octanol–water partition coefficient (Wildman–Crippen LogP) is 3.64. The first kappa shape index (κ1) is 19.3. The number of carbonyl (C=O) groups is 1. The molecule has 1 aliphatic carbocycles. The molecule has 1 unspecified atom stereocenters. The predicted molar refractivity (Wildman–Crippen MR) is 82.8 cm³/mol. The van der Waals surface area contributed by atoms with Gasteiger partial charge in [-0.1, -0.05) is 30.3 Å². The van der Waals surface area contributed by atoms with Gasteiger partial charge in [-0.15, -0.1) is 0 Å². The van der Waals surface area contributed by atoms with Gasteiger partial charge in [0.2, 0.25) is 0 Å². The molecule has 1 aliphatic rings. The Morgan fingerprint density at radius 1 is 1.24 bits per heavy atom. The first-order chi connectivity index (χ1) is 11.7. The van der Waals surface area contributed by atoms with Crippen LogP contribution >= 0.6 is 0 Å². The van der Waals surface area contributed by atoms with Gasteiger partial charge in [-0.05, 0) is 31.2 Å². The smallest absolute Gasteiger partial charge is 0.463 e. The van der Waals surface area contributed by atoms with Crippen molar-refractivity contribution in [3.8, 4) is 0 Å². The Balaban J connectivity index is 2.34. The van der Waals surface area contributed by atoms with E-state index in [4.69, 9.17) is 4.74 Å². The number of hydrogen-bond acceptors (Lipinski definition) is 5. The highest BCUT2D eigenvalue weighted by Gasteiger charge is 2.49.